The number of carboxylic acids is 1. The van der Waals surface area contributed by atoms with Gasteiger partial charge in [0.05, 0.1) is 45.9 Å². The first-order chi connectivity index (χ1) is 18.5. The summed E-state index contributed by atoms with van der Waals surface area (Å²) >= 11 is 12.2. The van der Waals surface area contributed by atoms with E-state index in [1.54, 1.807) is 30.3 Å². The second-order valence-electron chi connectivity index (χ2n) is 9.24. The van der Waals surface area contributed by atoms with Crippen molar-refractivity contribution in [3.8, 4) is 0 Å². The number of benzene rings is 1. The highest BCUT2D eigenvalue weighted by atomic mass is 35.5. The molecule has 39 heavy (non-hydrogen) atoms. The molecule has 0 spiro atoms. The number of amides is 1. The van der Waals surface area contributed by atoms with Crippen molar-refractivity contribution in [1.82, 2.24) is 19.7 Å². The fourth-order valence-electron chi connectivity index (χ4n) is 4.75. The van der Waals surface area contributed by atoms with E-state index in [1.165, 1.54) is 12.4 Å². The Morgan fingerprint density at radius 1 is 1.00 bits per heavy atom. The summed E-state index contributed by atoms with van der Waals surface area (Å²) in [6.45, 7) is -0.776. The van der Waals surface area contributed by atoms with Crippen molar-refractivity contribution in [1.29, 1.82) is 0 Å². The van der Waals surface area contributed by atoms with Crippen molar-refractivity contribution in [2.75, 3.05) is 6.54 Å². The number of ketones is 1. The van der Waals surface area contributed by atoms with Gasteiger partial charge in [-0.25, -0.2) is 0 Å². The summed E-state index contributed by atoms with van der Waals surface area (Å²) in [5.41, 5.74) is -1.46. The van der Waals surface area contributed by atoms with E-state index in [4.69, 9.17) is 23.2 Å². The number of hydrogen-bond donors (Lipinski definition) is 1. The summed E-state index contributed by atoms with van der Waals surface area (Å²) in [4.78, 5) is 42.9. The van der Waals surface area contributed by atoms with Crippen molar-refractivity contribution in [3.05, 3.63) is 81.4 Å². The summed E-state index contributed by atoms with van der Waals surface area (Å²) in [5, 5.41) is 13.0. The first-order valence-corrected chi connectivity index (χ1v) is 12.8. The molecule has 0 atom stereocenters. The number of aliphatic carboxylic acids is 1. The molecule has 13 heteroatoms. The molecule has 1 N–H and O–H groups in total. The molecule has 3 aromatic rings. The number of halogens is 5. The number of hydrogen-bond acceptors (Lipinski definition) is 5. The van der Waals surface area contributed by atoms with Crippen LogP contribution in [0, 0.1) is 5.92 Å². The highest BCUT2D eigenvalue weighted by molar-refractivity contribution is 6.39. The number of aromatic nitrogens is 3. The zero-order valence-corrected chi connectivity index (χ0v) is 21.9. The molecule has 206 valence electrons. The van der Waals surface area contributed by atoms with Gasteiger partial charge in [-0.2, -0.15) is 18.3 Å². The van der Waals surface area contributed by atoms with Crippen molar-refractivity contribution in [2.45, 2.75) is 44.4 Å². The Kier molecular flexibility index (Phi) is 8.60. The molecule has 1 amide bonds. The fraction of sp³-hybridized carbons (Fsp3) is 0.346. The molecule has 4 rings (SSSR count). The van der Waals surface area contributed by atoms with Gasteiger partial charge in [0, 0.05) is 18.9 Å². The quantitative estimate of drug-likeness (QED) is 0.329. The Morgan fingerprint density at radius 2 is 1.62 bits per heavy atom. The van der Waals surface area contributed by atoms with Crippen LogP contribution in [0.25, 0.3) is 0 Å². The zero-order valence-electron chi connectivity index (χ0n) is 20.4. The van der Waals surface area contributed by atoms with E-state index in [0.717, 1.165) is 15.8 Å². The molecule has 1 saturated carbocycles. The van der Waals surface area contributed by atoms with Gasteiger partial charge in [0.15, 0.2) is 11.5 Å². The molecule has 0 aliphatic heterocycles. The normalized spacial score (nSPS) is 17.6. The highest BCUT2D eigenvalue weighted by Crippen LogP contribution is 2.39. The Labute approximate surface area is 231 Å². The van der Waals surface area contributed by atoms with E-state index in [9.17, 15) is 32.7 Å². The minimum absolute atomic E-state index is 0.0552. The number of nitrogens with zero attached hydrogens (tertiary/aromatic N) is 4. The molecule has 1 aromatic carbocycles. The number of carboxylic acid groups (broad SMARTS) is 1. The van der Waals surface area contributed by atoms with Crippen LogP contribution in [0.15, 0.2) is 48.9 Å². The number of alkyl halides is 3. The lowest BCUT2D eigenvalue weighted by atomic mass is 9.86. The Bertz CT molecular complexity index is 1350. The summed E-state index contributed by atoms with van der Waals surface area (Å²) in [7, 11) is 0. The lowest BCUT2D eigenvalue weighted by Crippen LogP contribution is -2.37. The van der Waals surface area contributed by atoms with E-state index in [0.29, 0.717) is 5.56 Å². The van der Waals surface area contributed by atoms with Crippen LogP contribution in [0.5, 0.6) is 0 Å². The van der Waals surface area contributed by atoms with Crippen molar-refractivity contribution in [2.24, 2.45) is 5.92 Å². The first-order valence-electron chi connectivity index (χ1n) is 12.0. The maximum absolute atomic E-state index is 14.4. The predicted molar refractivity (Wildman–Crippen MR) is 136 cm³/mol. The lowest BCUT2D eigenvalue weighted by Gasteiger charge is -2.28. The molecule has 0 unspecified atom stereocenters. The van der Waals surface area contributed by atoms with Crippen molar-refractivity contribution >= 4 is 40.9 Å². The van der Waals surface area contributed by atoms with Gasteiger partial charge >= 0.3 is 12.1 Å². The van der Waals surface area contributed by atoms with Gasteiger partial charge in [-0.1, -0.05) is 53.5 Å². The molecular formula is C26H23Cl2F3N4O4. The molecule has 0 radical (unpaired) electrons. The number of Topliss-reactive ketones (excluding diaryl/α,β-unsaturated/α-hetero) is 1. The predicted octanol–water partition coefficient (Wildman–Crippen LogP) is 5.94. The van der Waals surface area contributed by atoms with Gasteiger partial charge in [-0.15, -0.1) is 0 Å². The van der Waals surface area contributed by atoms with Crippen LogP contribution in [-0.4, -0.2) is 49.0 Å². The van der Waals surface area contributed by atoms with Gasteiger partial charge in [0.2, 0.25) is 0 Å². The Morgan fingerprint density at radius 3 is 2.18 bits per heavy atom. The highest BCUT2D eigenvalue weighted by Gasteiger charge is 2.43. The van der Waals surface area contributed by atoms with Crippen LogP contribution >= 0.6 is 23.2 Å². The molecule has 1 aliphatic rings. The summed E-state index contributed by atoms with van der Waals surface area (Å²) in [6, 6.07) is 7.75. The van der Waals surface area contributed by atoms with Gasteiger partial charge in [-0.3, -0.25) is 24.0 Å². The maximum Gasteiger partial charge on any atom is 0.433 e. The van der Waals surface area contributed by atoms with Crippen LogP contribution < -0.4 is 0 Å². The van der Waals surface area contributed by atoms with Gasteiger partial charge in [-0.05, 0) is 31.2 Å². The third-order valence-electron chi connectivity index (χ3n) is 6.66. The molecule has 0 bridgehead atoms. The van der Waals surface area contributed by atoms with Crippen molar-refractivity contribution in [3.63, 3.8) is 0 Å². The van der Waals surface area contributed by atoms with Crippen molar-refractivity contribution < 1.29 is 32.7 Å². The maximum atomic E-state index is 14.4. The third kappa shape index (κ3) is 6.42. The SMILES string of the molecule is O=C(CN(Cc1ccccc1)C(=O)c1cnn([C@H]2CC[C@H](C(=O)O)CC2)c1C(F)(F)F)c1c(Cl)cncc1Cl. The van der Waals surface area contributed by atoms with E-state index >= 15 is 0 Å². The Hall–Kier alpha value is -3.44. The average Bonchev–Trinajstić information content (AvgIpc) is 3.34. The number of rotatable bonds is 8. The van der Waals surface area contributed by atoms with Gasteiger partial charge in [0.25, 0.3) is 5.91 Å². The fourth-order valence-corrected chi connectivity index (χ4v) is 5.32. The summed E-state index contributed by atoms with van der Waals surface area (Å²) in [6.07, 6.45) is -0.954. The topological polar surface area (TPSA) is 105 Å². The smallest absolute Gasteiger partial charge is 0.433 e. The summed E-state index contributed by atoms with van der Waals surface area (Å²) in [5.74, 6) is -3.35. The second kappa shape index (κ2) is 11.7. The minimum Gasteiger partial charge on any atom is -0.481 e. The lowest BCUT2D eigenvalue weighted by molar-refractivity contribution is -0.147. The second-order valence-corrected chi connectivity index (χ2v) is 10.1. The van der Waals surface area contributed by atoms with E-state index in [1.807, 2.05) is 0 Å². The zero-order chi connectivity index (χ0) is 28.3. The van der Waals surface area contributed by atoms with Crippen LogP contribution in [0.3, 0.4) is 0 Å². The van der Waals surface area contributed by atoms with E-state index < -0.39 is 53.6 Å². The third-order valence-corrected chi connectivity index (χ3v) is 7.23. The minimum atomic E-state index is -4.94. The summed E-state index contributed by atoms with van der Waals surface area (Å²) < 4.78 is 43.8. The molecule has 0 saturated heterocycles. The van der Waals surface area contributed by atoms with Gasteiger partial charge in [0.1, 0.15) is 0 Å². The van der Waals surface area contributed by atoms with E-state index in [2.05, 4.69) is 10.1 Å². The first kappa shape index (κ1) is 28.6. The molecule has 1 fully saturated rings. The molecular weight excluding hydrogens is 560 g/mol. The van der Waals surface area contributed by atoms with Crippen LogP contribution in [0.4, 0.5) is 13.2 Å². The average molecular weight is 583 g/mol. The Balaban J connectivity index is 1.69. The standard InChI is InChI=1S/C26H23Cl2F3N4O4/c27-19-11-32-12-20(28)22(19)21(36)14-34(13-15-4-2-1-3-5-15)24(37)18-10-33-35(23(18)26(29,30)31)17-8-6-16(7-9-17)25(38)39/h1-5,10-12,16-17H,6-9,13-14H2,(H,38,39)/t16-,17-. The largest absolute Gasteiger partial charge is 0.481 e. The molecule has 2 aromatic heterocycles. The number of pyridine rings is 1. The van der Waals surface area contributed by atoms with E-state index in [-0.39, 0.29) is 47.8 Å². The molecule has 2 heterocycles. The number of carbonyl (C=O) groups excluding carboxylic acids is 2. The van der Waals surface area contributed by atoms with Crippen LogP contribution in [-0.2, 0) is 17.5 Å². The molecule has 8 nitrogen and oxygen atoms in total. The van der Waals surface area contributed by atoms with Crippen LogP contribution in [0.2, 0.25) is 10.0 Å². The monoisotopic (exact) mass is 582 g/mol. The van der Waals surface area contributed by atoms with Crippen LogP contribution in [0.1, 0.15) is 63.7 Å². The molecule has 1 aliphatic carbocycles. The van der Waals surface area contributed by atoms with Gasteiger partial charge < -0.3 is 10.0 Å². The number of carbonyl (C=O) groups is 3.